The quantitative estimate of drug-likeness (QED) is 0.488. The number of halogens is 3. The minimum Gasteiger partial charge on any atom is -0.492 e. The first kappa shape index (κ1) is 26.7. The number of benzene rings is 2. The van der Waals surface area contributed by atoms with Gasteiger partial charge in [0.1, 0.15) is 23.6 Å². The molecule has 2 aliphatic rings. The zero-order valence-corrected chi connectivity index (χ0v) is 20.3. The van der Waals surface area contributed by atoms with Crippen molar-refractivity contribution in [2.45, 2.75) is 43.1 Å². The second-order valence-electron chi connectivity index (χ2n) is 9.35. The number of carbonyl (C=O) groups excluding carboxylic acids is 1. The van der Waals surface area contributed by atoms with E-state index in [9.17, 15) is 22.8 Å². The lowest BCUT2D eigenvalue weighted by Gasteiger charge is -2.43. The van der Waals surface area contributed by atoms with E-state index in [-0.39, 0.29) is 23.8 Å². The number of carbonyl (C=O) groups is 2. The number of hydrogen-bond acceptors (Lipinski definition) is 6. The molecule has 0 atom stereocenters. The van der Waals surface area contributed by atoms with E-state index in [0.29, 0.717) is 38.3 Å². The highest BCUT2D eigenvalue weighted by Crippen LogP contribution is 2.46. The van der Waals surface area contributed by atoms with Crippen molar-refractivity contribution in [3.8, 4) is 11.5 Å². The van der Waals surface area contributed by atoms with Gasteiger partial charge in [-0.2, -0.15) is 0 Å². The molecule has 11 heteroatoms. The summed E-state index contributed by atoms with van der Waals surface area (Å²) in [4.78, 5) is 26.8. The van der Waals surface area contributed by atoms with Crippen molar-refractivity contribution < 1.29 is 42.1 Å². The summed E-state index contributed by atoms with van der Waals surface area (Å²) in [5, 5.41) is 12.4. The van der Waals surface area contributed by atoms with E-state index in [1.807, 2.05) is 11.9 Å². The highest BCUT2D eigenvalue weighted by molar-refractivity contribution is 5.88. The van der Waals surface area contributed by atoms with Crippen LogP contribution in [0.4, 0.5) is 13.2 Å². The summed E-state index contributed by atoms with van der Waals surface area (Å²) in [6, 6.07) is 11.7. The molecule has 0 radical (unpaired) electrons. The summed E-state index contributed by atoms with van der Waals surface area (Å²) in [5.41, 5.74) is -0.273. The molecular formula is C26H29F3N2O6. The summed E-state index contributed by atoms with van der Waals surface area (Å²) in [6.07, 6.45) is -2.25. The van der Waals surface area contributed by atoms with Crippen molar-refractivity contribution in [1.82, 2.24) is 10.2 Å². The Morgan fingerprint density at radius 2 is 1.59 bits per heavy atom. The van der Waals surface area contributed by atoms with Crippen LogP contribution < -0.4 is 14.8 Å². The van der Waals surface area contributed by atoms with E-state index in [0.717, 1.165) is 18.4 Å². The molecule has 37 heavy (non-hydrogen) atoms. The van der Waals surface area contributed by atoms with Crippen molar-refractivity contribution in [3.63, 3.8) is 0 Å². The number of likely N-dealkylation sites (N-methyl/N-ethyl adjacent to an activating group) is 1. The topological polar surface area (TPSA) is 97.3 Å². The fourth-order valence-electron chi connectivity index (χ4n) is 4.62. The molecule has 0 unspecified atom stereocenters. The number of hydrogen-bond donors (Lipinski definition) is 2. The average molecular weight is 523 g/mol. The summed E-state index contributed by atoms with van der Waals surface area (Å²) >= 11 is 0. The zero-order valence-electron chi connectivity index (χ0n) is 20.3. The third-order valence-electron chi connectivity index (χ3n) is 7.01. The van der Waals surface area contributed by atoms with Crippen molar-refractivity contribution in [1.29, 1.82) is 0 Å². The van der Waals surface area contributed by atoms with Crippen LogP contribution in [0.1, 0.15) is 41.6 Å². The highest BCUT2D eigenvalue weighted by Gasteiger charge is 2.51. The predicted molar refractivity (Wildman–Crippen MR) is 126 cm³/mol. The molecule has 0 aromatic heterocycles. The normalized spacial score (nSPS) is 18.2. The Bertz CT molecular complexity index is 1090. The van der Waals surface area contributed by atoms with Gasteiger partial charge in [-0.25, -0.2) is 4.79 Å². The molecule has 8 nitrogen and oxygen atoms in total. The molecule has 2 N–H and O–H groups in total. The Morgan fingerprint density at radius 1 is 1.00 bits per heavy atom. The van der Waals surface area contributed by atoms with Crippen LogP contribution in [0, 0.1) is 0 Å². The van der Waals surface area contributed by atoms with Gasteiger partial charge in [0.15, 0.2) is 0 Å². The van der Waals surface area contributed by atoms with E-state index >= 15 is 0 Å². The number of amides is 1. The van der Waals surface area contributed by atoms with Crippen molar-refractivity contribution >= 4 is 11.9 Å². The van der Waals surface area contributed by atoms with Gasteiger partial charge in [-0.15, -0.1) is 13.2 Å². The second kappa shape index (κ2) is 10.6. The third kappa shape index (κ3) is 6.34. The molecule has 1 heterocycles. The lowest BCUT2D eigenvalue weighted by molar-refractivity contribution is -0.274. The molecule has 1 saturated heterocycles. The monoisotopic (exact) mass is 522 g/mol. The SMILES string of the molecule is CN(CCOc1ccc(OC(F)(F)F)cc1)C1(C(=O)NC2(c3ccc(C(=O)O)cc3)CC2)CCOCC1. The maximum Gasteiger partial charge on any atom is 0.573 e. The van der Waals surface area contributed by atoms with Crippen LogP contribution in [-0.4, -0.2) is 67.2 Å². The summed E-state index contributed by atoms with van der Waals surface area (Å²) < 4.78 is 52.1. The highest BCUT2D eigenvalue weighted by atomic mass is 19.4. The summed E-state index contributed by atoms with van der Waals surface area (Å²) in [7, 11) is 1.84. The Morgan fingerprint density at radius 3 is 2.14 bits per heavy atom. The van der Waals surface area contributed by atoms with Crippen molar-refractivity contribution in [2.75, 3.05) is 33.4 Å². The Kier molecular flexibility index (Phi) is 7.65. The van der Waals surface area contributed by atoms with Gasteiger partial charge in [-0.1, -0.05) is 12.1 Å². The molecule has 0 bridgehead atoms. The average Bonchev–Trinajstić information content (AvgIpc) is 3.65. The molecule has 200 valence electrons. The zero-order chi connectivity index (χ0) is 26.7. The maximum absolute atomic E-state index is 13.7. The number of carboxylic acids is 1. The molecule has 1 saturated carbocycles. The third-order valence-corrected chi connectivity index (χ3v) is 7.01. The van der Waals surface area contributed by atoms with E-state index in [1.54, 1.807) is 24.3 Å². The maximum atomic E-state index is 13.7. The number of alkyl halides is 3. The number of carboxylic acid groups (broad SMARTS) is 1. The number of ether oxygens (including phenoxy) is 3. The van der Waals surface area contributed by atoms with Crippen LogP contribution in [0.3, 0.4) is 0 Å². The fraction of sp³-hybridized carbons (Fsp3) is 0.462. The molecule has 2 aromatic carbocycles. The van der Waals surface area contributed by atoms with Gasteiger partial charge >= 0.3 is 12.3 Å². The Labute approximate surface area is 212 Å². The minimum atomic E-state index is -4.76. The first-order valence-corrected chi connectivity index (χ1v) is 12.0. The van der Waals surface area contributed by atoms with Gasteiger partial charge in [-0.05, 0) is 74.7 Å². The molecule has 1 aliphatic carbocycles. The van der Waals surface area contributed by atoms with Crippen LogP contribution in [0.2, 0.25) is 0 Å². The molecule has 2 fully saturated rings. The van der Waals surface area contributed by atoms with Crippen molar-refractivity contribution in [3.05, 3.63) is 59.7 Å². The molecule has 2 aromatic rings. The summed E-state index contributed by atoms with van der Waals surface area (Å²) in [5.74, 6) is -1.07. The standard InChI is InChI=1S/C26H29F3N2O6/c1-31(14-17-36-20-6-8-21(9-7-20)37-26(27,28)29)25(12-15-35-16-13-25)23(34)30-24(10-11-24)19-4-2-18(3-5-19)22(32)33/h2-9H,10-17H2,1H3,(H,30,34)(H,32,33). The van der Waals surface area contributed by atoms with E-state index in [4.69, 9.17) is 14.6 Å². The van der Waals surface area contributed by atoms with Gasteiger partial charge in [0.05, 0.1) is 11.1 Å². The molecule has 1 aliphatic heterocycles. The smallest absolute Gasteiger partial charge is 0.492 e. The fourth-order valence-corrected chi connectivity index (χ4v) is 4.62. The number of aromatic carboxylic acids is 1. The lowest BCUT2D eigenvalue weighted by Crippen LogP contribution is -2.62. The number of nitrogens with zero attached hydrogens (tertiary/aromatic N) is 1. The van der Waals surface area contributed by atoms with Crippen LogP contribution >= 0.6 is 0 Å². The van der Waals surface area contributed by atoms with E-state index in [2.05, 4.69) is 10.1 Å². The van der Waals surface area contributed by atoms with E-state index < -0.39 is 23.4 Å². The van der Waals surface area contributed by atoms with Gasteiger partial charge in [0, 0.05) is 19.8 Å². The van der Waals surface area contributed by atoms with Crippen molar-refractivity contribution in [2.24, 2.45) is 0 Å². The van der Waals surface area contributed by atoms with Crippen LogP contribution in [-0.2, 0) is 15.1 Å². The number of rotatable bonds is 10. The lowest BCUT2D eigenvalue weighted by atomic mass is 9.86. The Balaban J connectivity index is 1.38. The minimum absolute atomic E-state index is 0.119. The van der Waals surface area contributed by atoms with Crippen LogP contribution in [0.15, 0.2) is 48.5 Å². The van der Waals surface area contributed by atoms with Crippen LogP contribution in [0.25, 0.3) is 0 Å². The van der Waals surface area contributed by atoms with Gasteiger partial charge in [-0.3, -0.25) is 9.69 Å². The van der Waals surface area contributed by atoms with Gasteiger partial charge in [0.2, 0.25) is 5.91 Å². The number of nitrogens with one attached hydrogen (secondary N) is 1. The largest absolute Gasteiger partial charge is 0.573 e. The first-order valence-electron chi connectivity index (χ1n) is 12.0. The molecule has 4 rings (SSSR count). The predicted octanol–water partition coefficient (Wildman–Crippen LogP) is 3.95. The van der Waals surface area contributed by atoms with E-state index in [1.165, 1.54) is 24.3 Å². The first-order chi connectivity index (χ1) is 17.5. The van der Waals surface area contributed by atoms with Gasteiger partial charge in [0.25, 0.3) is 0 Å². The molecule has 0 spiro atoms. The molecule has 1 amide bonds. The second-order valence-corrected chi connectivity index (χ2v) is 9.35. The molecular weight excluding hydrogens is 493 g/mol. The summed E-state index contributed by atoms with van der Waals surface area (Å²) in [6.45, 7) is 1.47. The Hall–Kier alpha value is -3.31. The van der Waals surface area contributed by atoms with Crippen LogP contribution in [0.5, 0.6) is 11.5 Å². The van der Waals surface area contributed by atoms with Gasteiger partial charge < -0.3 is 24.6 Å².